The summed E-state index contributed by atoms with van der Waals surface area (Å²) in [5.41, 5.74) is 8.69. The molecule has 0 unspecified atom stereocenters. The Balaban J connectivity index is 2.09. The Morgan fingerprint density at radius 1 is 1.10 bits per heavy atom. The Morgan fingerprint density at radius 3 is 2.50 bits per heavy atom. The largest absolute Gasteiger partial charge is 0.399 e. The summed E-state index contributed by atoms with van der Waals surface area (Å²) < 4.78 is 14.2. The highest BCUT2D eigenvalue weighted by molar-refractivity contribution is 9.10. The minimum Gasteiger partial charge on any atom is -0.399 e. The molecular formula is C16H18BrFN2. The smallest absolute Gasteiger partial charge is 0.124 e. The molecule has 106 valence electrons. The average molecular weight is 337 g/mol. The van der Waals surface area contributed by atoms with Crippen LogP contribution in [-0.2, 0) is 13.1 Å². The number of hydrogen-bond acceptors (Lipinski definition) is 2. The topological polar surface area (TPSA) is 29.3 Å². The molecule has 0 aliphatic heterocycles. The lowest BCUT2D eigenvalue weighted by Gasteiger charge is -2.21. The van der Waals surface area contributed by atoms with Crippen LogP contribution in [0, 0.1) is 5.82 Å². The number of anilines is 1. The summed E-state index contributed by atoms with van der Waals surface area (Å²) in [5.74, 6) is -0.214. The predicted molar refractivity (Wildman–Crippen MR) is 84.7 cm³/mol. The molecule has 2 nitrogen and oxygen atoms in total. The summed E-state index contributed by atoms with van der Waals surface area (Å²) in [4.78, 5) is 2.25. The zero-order chi connectivity index (χ0) is 14.5. The summed E-state index contributed by atoms with van der Waals surface area (Å²) in [7, 11) is 0. The maximum atomic E-state index is 13.4. The van der Waals surface area contributed by atoms with Gasteiger partial charge in [0.2, 0.25) is 0 Å². The van der Waals surface area contributed by atoms with Gasteiger partial charge in [-0.05, 0) is 48.0 Å². The molecule has 2 aromatic rings. The van der Waals surface area contributed by atoms with Crippen LogP contribution in [0.4, 0.5) is 10.1 Å². The van der Waals surface area contributed by atoms with Crippen LogP contribution in [0.2, 0.25) is 0 Å². The third kappa shape index (κ3) is 4.32. The van der Waals surface area contributed by atoms with Gasteiger partial charge in [0, 0.05) is 23.2 Å². The van der Waals surface area contributed by atoms with Crippen molar-refractivity contribution in [2.24, 2.45) is 0 Å². The van der Waals surface area contributed by atoms with Gasteiger partial charge in [-0.25, -0.2) is 4.39 Å². The van der Waals surface area contributed by atoms with Gasteiger partial charge in [0.1, 0.15) is 5.82 Å². The second kappa shape index (κ2) is 6.86. The molecular weight excluding hydrogens is 319 g/mol. The molecule has 2 N–H and O–H groups in total. The summed E-state index contributed by atoms with van der Waals surface area (Å²) in [6, 6.07) is 12.9. The third-order valence-corrected chi connectivity index (χ3v) is 3.59. The Morgan fingerprint density at radius 2 is 1.85 bits per heavy atom. The number of nitrogens with two attached hydrogens (primary N) is 1. The van der Waals surface area contributed by atoms with Gasteiger partial charge in [-0.2, -0.15) is 0 Å². The van der Waals surface area contributed by atoms with Crippen molar-refractivity contribution in [2.45, 2.75) is 20.0 Å². The summed E-state index contributed by atoms with van der Waals surface area (Å²) in [5, 5.41) is 0. The van der Waals surface area contributed by atoms with Gasteiger partial charge in [0.15, 0.2) is 0 Å². The maximum absolute atomic E-state index is 13.4. The van der Waals surface area contributed by atoms with E-state index in [0.29, 0.717) is 6.54 Å². The Hall–Kier alpha value is -1.39. The van der Waals surface area contributed by atoms with E-state index in [4.69, 9.17) is 5.73 Å². The van der Waals surface area contributed by atoms with Crippen molar-refractivity contribution in [3.8, 4) is 0 Å². The first-order valence-electron chi connectivity index (χ1n) is 6.58. The van der Waals surface area contributed by atoms with Crippen LogP contribution < -0.4 is 5.73 Å². The van der Waals surface area contributed by atoms with Crippen LogP contribution in [0.25, 0.3) is 0 Å². The first-order valence-corrected chi connectivity index (χ1v) is 7.38. The Kier molecular flexibility index (Phi) is 5.15. The molecule has 0 saturated carbocycles. The van der Waals surface area contributed by atoms with Crippen molar-refractivity contribution >= 4 is 21.6 Å². The van der Waals surface area contributed by atoms with E-state index in [1.807, 2.05) is 24.3 Å². The molecule has 0 aromatic heterocycles. The number of hydrogen-bond donors (Lipinski definition) is 1. The lowest BCUT2D eigenvalue weighted by atomic mass is 10.1. The first-order chi connectivity index (χ1) is 9.56. The summed E-state index contributed by atoms with van der Waals surface area (Å²) in [6.07, 6.45) is 0. The molecule has 0 fully saturated rings. The van der Waals surface area contributed by atoms with Gasteiger partial charge < -0.3 is 5.73 Å². The number of nitrogen functional groups attached to an aromatic ring is 1. The van der Waals surface area contributed by atoms with E-state index < -0.39 is 0 Å². The molecule has 0 atom stereocenters. The van der Waals surface area contributed by atoms with Gasteiger partial charge in [-0.15, -0.1) is 0 Å². The van der Waals surface area contributed by atoms with Crippen LogP contribution in [0.15, 0.2) is 46.9 Å². The van der Waals surface area contributed by atoms with Crippen LogP contribution in [0.1, 0.15) is 18.1 Å². The molecule has 0 amide bonds. The standard InChI is InChI=1S/C16H18BrFN2/c1-2-20(10-12-4-3-5-16(19)8-12)11-13-6-14(17)9-15(18)7-13/h3-9H,2,10-11,19H2,1H3. The second-order valence-corrected chi connectivity index (χ2v) is 5.74. The first kappa shape index (κ1) is 15.0. The molecule has 0 aliphatic rings. The van der Waals surface area contributed by atoms with Crippen molar-refractivity contribution < 1.29 is 4.39 Å². The lowest BCUT2D eigenvalue weighted by molar-refractivity contribution is 0.271. The predicted octanol–water partition coefficient (Wildman–Crippen LogP) is 4.19. The Labute approximate surface area is 127 Å². The van der Waals surface area contributed by atoms with E-state index in [2.05, 4.69) is 33.8 Å². The molecule has 20 heavy (non-hydrogen) atoms. The van der Waals surface area contributed by atoms with Gasteiger partial charge in [0.25, 0.3) is 0 Å². The average Bonchev–Trinajstić information content (AvgIpc) is 2.36. The third-order valence-electron chi connectivity index (χ3n) is 3.13. The van der Waals surface area contributed by atoms with E-state index in [1.165, 1.54) is 11.6 Å². The summed E-state index contributed by atoms with van der Waals surface area (Å²) in [6.45, 7) is 4.50. The zero-order valence-corrected chi connectivity index (χ0v) is 13.0. The molecule has 0 aliphatic carbocycles. The normalized spacial score (nSPS) is 11.0. The molecule has 0 saturated heterocycles. The fourth-order valence-electron chi connectivity index (χ4n) is 2.19. The van der Waals surface area contributed by atoms with Crippen molar-refractivity contribution in [1.82, 2.24) is 4.90 Å². The van der Waals surface area contributed by atoms with Crippen LogP contribution in [0.5, 0.6) is 0 Å². The van der Waals surface area contributed by atoms with E-state index in [0.717, 1.165) is 28.8 Å². The number of halogens is 2. The Bertz CT molecular complexity index is 566. The highest BCUT2D eigenvalue weighted by Crippen LogP contribution is 2.18. The minimum atomic E-state index is -0.214. The summed E-state index contributed by atoms with van der Waals surface area (Å²) >= 11 is 3.33. The molecule has 0 heterocycles. The van der Waals surface area contributed by atoms with E-state index in [-0.39, 0.29) is 5.82 Å². The van der Waals surface area contributed by atoms with Crippen molar-refractivity contribution in [3.63, 3.8) is 0 Å². The molecule has 2 rings (SSSR count). The highest BCUT2D eigenvalue weighted by Gasteiger charge is 2.07. The van der Waals surface area contributed by atoms with E-state index >= 15 is 0 Å². The van der Waals surface area contributed by atoms with Crippen LogP contribution in [-0.4, -0.2) is 11.4 Å². The number of benzene rings is 2. The molecule has 0 radical (unpaired) electrons. The van der Waals surface area contributed by atoms with Crippen LogP contribution in [0.3, 0.4) is 0 Å². The molecule has 0 spiro atoms. The molecule has 0 bridgehead atoms. The van der Waals surface area contributed by atoms with Crippen LogP contribution >= 0.6 is 15.9 Å². The number of nitrogens with zero attached hydrogens (tertiary/aromatic N) is 1. The highest BCUT2D eigenvalue weighted by atomic mass is 79.9. The zero-order valence-electron chi connectivity index (χ0n) is 11.4. The fourth-order valence-corrected chi connectivity index (χ4v) is 2.70. The molecule has 4 heteroatoms. The van der Waals surface area contributed by atoms with E-state index in [9.17, 15) is 4.39 Å². The van der Waals surface area contributed by atoms with Crippen molar-refractivity contribution in [1.29, 1.82) is 0 Å². The monoisotopic (exact) mass is 336 g/mol. The van der Waals surface area contributed by atoms with Gasteiger partial charge in [-0.3, -0.25) is 4.90 Å². The minimum absolute atomic E-state index is 0.214. The maximum Gasteiger partial charge on any atom is 0.124 e. The quantitative estimate of drug-likeness (QED) is 0.829. The van der Waals surface area contributed by atoms with Crippen molar-refractivity contribution in [2.75, 3.05) is 12.3 Å². The van der Waals surface area contributed by atoms with Crippen molar-refractivity contribution in [3.05, 3.63) is 63.9 Å². The van der Waals surface area contributed by atoms with Gasteiger partial charge in [-0.1, -0.05) is 35.0 Å². The fraction of sp³-hybridized carbons (Fsp3) is 0.250. The van der Waals surface area contributed by atoms with E-state index in [1.54, 1.807) is 6.07 Å². The lowest BCUT2D eigenvalue weighted by Crippen LogP contribution is -2.22. The number of rotatable bonds is 5. The van der Waals surface area contributed by atoms with Gasteiger partial charge in [0.05, 0.1) is 0 Å². The SMILES string of the molecule is CCN(Cc1cccc(N)c1)Cc1cc(F)cc(Br)c1. The second-order valence-electron chi connectivity index (χ2n) is 4.83. The molecule has 2 aromatic carbocycles. The van der Waals surface area contributed by atoms with Gasteiger partial charge >= 0.3 is 0 Å².